The van der Waals surface area contributed by atoms with Gasteiger partial charge >= 0.3 is 0 Å². The maximum Gasteiger partial charge on any atom is 0.154 e. The van der Waals surface area contributed by atoms with Crippen LogP contribution in [0.15, 0.2) is 65.9 Å². The van der Waals surface area contributed by atoms with E-state index in [1.54, 1.807) is 16.8 Å². The van der Waals surface area contributed by atoms with E-state index in [-0.39, 0.29) is 0 Å². The third-order valence-electron chi connectivity index (χ3n) is 3.86. The molecule has 4 nitrogen and oxygen atoms in total. The Bertz CT molecular complexity index is 930. The number of hydrogen-bond donors (Lipinski definition) is 1. The minimum atomic E-state index is 0.381. The molecular formula is C20H20N4. The molecule has 0 spiro atoms. The van der Waals surface area contributed by atoms with Crippen molar-refractivity contribution in [1.82, 2.24) is 9.55 Å². The second-order valence-corrected chi connectivity index (χ2v) is 5.85. The van der Waals surface area contributed by atoms with Gasteiger partial charge in [-0.25, -0.2) is 9.98 Å². The molecule has 1 N–H and O–H groups in total. The Morgan fingerprint density at radius 3 is 2.33 bits per heavy atom. The minimum Gasteiger partial charge on any atom is -0.286 e. The lowest BCUT2D eigenvalue weighted by Gasteiger charge is -2.16. The van der Waals surface area contributed by atoms with Crippen molar-refractivity contribution >= 4 is 11.7 Å². The van der Waals surface area contributed by atoms with Gasteiger partial charge in [0, 0.05) is 18.0 Å². The van der Waals surface area contributed by atoms with Crippen molar-refractivity contribution < 1.29 is 0 Å². The first kappa shape index (κ1) is 15.9. The van der Waals surface area contributed by atoms with Crippen LogP contribution in [0.25, 0.3) is 0 Å². The second kappa shape index (κ2) is 6.62. The summed E-state index contributed by atoms with van der Waals surface area (Å²) in [4.78, 5) is 9.07. The van der Waals surface area contributed by atoms with Gasteiger partial charge in [0.25, 0.3) is 0 Å². The minimum absolute atomic E-state index is 0.381. The summed E-state index contributed by atoms with van der Waals surface area (Å²) in [5, 5.41) is 8.26. The topological polar surface area (TPSA) is 54.0 Å². The van der Waals surface area contributed by atoms with Crippen molar-refractivity contribution in [1.29, 1.82) is 5.41 Å². The second-order valence-electron chi connectivity index (χ2n) is 5.85. The van der Waals surface area contributed by atoms with Crippen LogP contribution in [-0.2, 0) is 0 Å². The van der Waals surface area contributed by atoms with E-state index in [0.29, 0.717) is 17.1 Å². The lowest BCUT2D eigenvalue weighted by Crippen LogP contribution is -2.28. The van der Waals surface area contributed by atoms with Gasteiger partial charge in [-0.1, -0.05) is 29.8 Å². The molecule has 2 heterocycles. The van der Waals surface area contributed by atoms with Gasteiger partial charge in [0.05, 0.1) is 0 Å². The van der Waals surface area contributed by atoms with Gasteiger partial charge in [0.2, 0.25) is 0 Å². The van der Waals surface area contributed by atoms with Crippen molar-refractivity contribution in [3.05, 3.63) is 88.7 Å². The van der Waals surface area contributed by atoms with E-state index in [4.69, 9.17) is 10.4 Å². The zero-order valence-corrected chi connectivity index (χ0v) is 14.1. The highest BCUT2D eigenvalue weighted by molar-refractivity contribution is 6.03. The molecule has 0 fully saturated rings. The molecule has 0 aliphatic heterocycles. The van der Waals surface area contributed by atoms with E-state index in [1.165, 1.54) is 5.56 Å². The SMILES string of the molecule is Cc1cc(C)c(C(=Nc2ccccn2)n2ccccc2=N)c(C)c1. The fourth-order valence-corrected chi connectivity index (χ4v) is 2.92. The Morgan fingerprint density at radius 1 is 1.00 bits per heavy atom. The van der Waals surface area contributed by atoms with E-state index in [0.717, 1.165) is 16.7 Å². The van der Waals surface area contributed by atoms with Crippen LogP contribution in [0.4, 0.5) is 5.82 Å². The quantitative estimate of drug-likeness (QED) is 0.565. The van der Waals surface area contributed by atoms with Crippen molar-refractivity contribution in [2.24, 2.45) is 4.99 Å². The van der Waals surface area contributed by atoms with Crippen LogP contribution in [0.1, 0.15) is 22.3 Å². The highest BCUT2D eigenvalue weighted by Crippen LogP contribution is 2.20. The smallest absolute Gasteiger partial charge is 0.154 e. The van der Waals surface area contributed by atoms with Crippen LogP contribution >= 0.6 is 0 Å². The summed E-state index contributed by atoms with van der Waals surface area (Å²) in [5.74, 6) is 1.34. The molecule has 2 aromatic heterocycles. The maximum atomic E-state index is 8.26. The number of nitrogens with one attached hydrogen (secondary N) is 1. The zero-order valence-electron chi connectivity index (χ0n) is 14.1. The average molecular weight is 316 g/mol. The number of hydrogen-bond acceptors (Lipinski definition) is 3. The largest absolute Gasteiger partial charge is 0.286 e. The van der Waals surface area contributed by atoms with E-state index in [1.807, 2.05) is 36.5 Å². The van der Waals surface area contributed by atoms with E-state index in [9.17, 15) is 0 Å². The van der Waals surface area contributed by atoms with Gasteiger partial charge in [0.1, 0.15) is 11.3 Å². The summed E-state index contributed by atoms with van der Waals surface area (Å²) < 4.78 is 1.79. The molecular weight excluding hydrogens is 296 g/mol. The van der Waals surface area contributed by atoms with Crippen LogP contribution < -0.4 is 5.49 Å². The first-order chi connectivity index (χ1) is 11.6. The van der Waals surface area contributed by atoms with E-state index < -0.39 is 0 Å². The molecule has 0 atom stereocenters. The molecule has 0 saturated carbocycles. The molecule has 120 valence electrons. The Labute approximate surface area is 141 Å². The standard InChI is InChI=1S/C20H20N4/c1-14-12-15(2)19(16(3)13-14)20(23-18-9-4-6-10-22-18)24-11-7-5-8-17(24)21/h4-13,21H,1-3H3. The molecule has 0 aliphatic carbocycles. The third kappa shape index (κ3) is 3.18. The number of pyridine rings is 2. The maximum absolute atomic E-state index is 8.26. The molecule has 0 amide bonds. The first-order valence-electron chi connectivity index (χ1n) is 7.87. The summed E-state index contributed by atoms with van der Waals surface area (Å²) in [7, 11) is 0. The Balaban J connectivity index is 2.31. The van der Waals surface area contributed by atoms with Crippen molar-refractivity contribution in [2.75, 3.05) is 0 Å². The van der Waals surface area contributed by atoms with Gasteiger partial charge < -0.3 is 0 Å². The number of aromatic nitrogens is 2. The van der Waals surface area contributed by atoms with Crippen molar-refractivity contribution in [3.8, 4) is 0 Å². The fourth-order valence-electron chi connectivity index (χ4n) is 2.92. The van der Waals surface area contributed by atoms with Gasteiger partial charge in [-0.3, -0.25) is 9.98 Å². The monoisotopic (exact) mass is 316 g/mol. The van der Waals surface area contributed by atoms with Gasteiger partial charge in [-0.2, -0.15) is 0 Å². The molecule has 0 radical (unpaired) electrons. The highest BCUT2D eigenvalue weighted by Gasteiger charge is 2.14. The molecule has 0 bridgehead atoms. The van der Waals surface area contributed by atoms with E-state index in [2.05, 4.69) is 37.9 Å². The van der Waals surface area contributed by atoms with Crippen molar-refractivity contribution in [2.45, 2.75) is 20.8 Å². The number of benzene rings is 1. The Morgan fingerprint density at radius 2 is 1.71 bits per heavy atom. The molecule has 24 heavy (non-hydrogen) atoms. The number of aliphatic imine (C=N–C) groups is 1. The van der Waals surface area contributed by atoms with Crippen molar-refractivity contribution in [3.63, 3.8) is 0 Å². The normalized spacial score (nSPS) is 11.5. The molecule has 0 unspecified atom stereocenters. The lowest BCUT2D eigenvalue weighted by atomic mass is 9.98. The van der Waals surface area contributed by atoms with Crippen LogP contribution in [0, 0.1) is 26.2 Å². The number of rotatable bonds is 2. The van der Waals surface area contributed by atoms with Crippen LogP contribution in [-0.4, -0.2) is 15.4 Å². The van der Waals surface area contributed by atoms with Gasteiger partial charge in [-0.05, 0) is 56.2 Å². The molecule has 0 saturated heterocycles. The molecule has 3 aromatic rings. The molecule has 4 heteroatoms. The average Bonchev–Trinajstić information content (AvgIpc) is 2.54. The summed E-state index contributed by atoms with van der Waals surface area (Å²) in [6.07, 6.45) is 3.59. The van der Waals surface area contributed by atoms with E-state index >= 15 is 0 Å². The van der Waals surface area contributed by atoms with Gasteiger partial charge in [0.15, 0.2) is 5.82 Å². The van der Waals surface area contributed by atoms with Crippen LogP contribution in [0.2, 0.25) is 0 Å². The third-order valence-corrected chi connectivity index (χ3v) is 3.86. The van der Waals surface area contributed by atoms with Gasteiger partial charge in [-0.15, -0.1) is 0 Å². The molecule has 3 rings (SSSR count). The number of nitrogens with zero attached hydrogens (tertiary/aromatic N) is 3. The Kier molecular flexibility index (Phi) is 4.38. The highest BCUT2D eigenvalue weighted by atomic mass is 15.1. The van der Waals surface area contributed by atoms with Crippen LogP contribution in [0.3, 0.4) is 0 Å². The fraction of sp³-hybridized carbons (Fsp3) is 0.150. The first-order valence-corrected chi connectivity index (χ1v) is 7.87. The predicted octanol–water partition coefficient (Wildman–Crippen LogP) is 3.91. The summed E-state index contributed by atoms with van der Waals surface area (Å²) >= 11 is 0. The van der Waals surface area contributed by atoms with Crippen LogP contribution in [0.5, 0.6) is 0 Å². The molecule has 1 aromatic carbocycles. The Hall–Kier alpha value is -3.01. The lowest BCUT2D eigenvalue weighted by molar-refractivity contribution is 0.966. The number of aryl methyl sites for hydroxylation is 3. The molecule has 0 aliphatic rings. The summed E-state index contributed by atoms with van der Waals surface area (Å²) in [6, 6.07) is 15.4. The summed E-state index contributed by atoms with van der Waals surface area (Å²) in [5.41, 5.74) is 4.91. The summed E-state index contributed by atoms with van der Waals surface area (Å²) in [6.45, 7) is 6.25. The predicted molar refractivity (Wildman–Crippen MR) is 96.8 cm³/mol. The zero-order chi connectivity index (χ0) is 17.1.